The van der Waals surface area contributed by atoms with E-state index in [1.807, 2.05) is 20.8 Å². The molecule has 4 N–H and O–H groups in total. The number of halogens is 1. The van der Waals surface area contributed by atoms with Crippen LogP contribution in [0.25, 0.3) is 0 Å². The fourth-order valence-electron chi connectivity index (χ4n) is 4.57. The summed E-state index contributed by atoms with van der Waals surface area (Å²) in [7, 11) is 1.48. The van der Waals surface area contributed by atoms with Crippen molar-refractivity contribution < 1.29 is 34.1 Å². The number of carbonyl (C=O) groups excluding carboxylic acids is 3. The molecule has 0 spiro atoms. The Kier molecular flexibility index (Phi) is 11.1. The van der Waals surface area contributed by atoms with E-state index in [4.69, 9.17) is 15.3 Å². The van der Waals surface area contributed by atoms with Crippen molar-refractivity contribution in [2.75, 3.05) is 26.7 Å². The molecule has 0 saturated heterocycles. The van der Waals surface area contributed by atoms with Gasteiger partial charge in [-0.05, 0) is 30.5 Å². The molecule has 2 aromatic rings. The zero-order chi connectivity index (χ0) is 30.6. The molecule has 13 heteroatoms. The summed E-state index contributed by atoms with van der Waals surface area (Å²) in [4.78, 5) is 56.5. The van der Waals surface area contributed by atoms with Gasteiger partial charge in [0.2, 0.25) is 5.91 Å². The number of carbonyl (C=O) groups is 4. The van der Waals surface area contributed by atoms with Crippen LogP contribution in [0, 0.1) is 5.41 Å². The molecule has 2 heterocycles. The summed E-state index contributed by atoms with van der Waals surface area (Å²) in [5.41, 5.74) is 1.54. The van der Waals surface area contributed by atoms with Crippen LogP contribution in [-0.4, -0.2) is 81.1 Å². The molecular weight excluding hydrogens is 566 g/mol. The summed E-state index contributed by atoms with van der Waals surface area (Å²) >= 11 is 0. The number of hydrogen-bond donors (Lipinski definition) is 4. The molecule has 0 bridgehead atoms. The predicted octanol–water partition coefficient (Wildman–Crippen LogP) is 3.11. The number of nitrogens with one attached hydrogen (secondary N) is 2. The summed E-state index contributed by atoms with van der Waals surface area (Å²) in [5.74, 6) is -1.97. The summed E-state index contributed by atoms with van der Waals surface area (Å²) in [5, 5.41) is 31.3. The number of aromatic nitrogens is 1. The monoisotopic (exact) mass is 603 g/mol. The number of Topliss-reactive ketones (excluding diaryl/α,β-unsaturated/α-hetero) is 1. The molecule has 42 heavy (non-hydrogen) atoms. The number of fused-ring (bicyclic) bond motifs is 1. The van der Waals surface area contributed by atoms with Gasteiger partial charge in [0, 0.05) is 55.9 Å². The zero-order valence-corrected chi connectivity index (χ0v) is 25.5. The van der Waals surface area contributed by atoms with E-state index in [0.29, 0.717) is 29.0 Å². The summed E-state index contributed by atoms with van der Waals surface area (Å²) in [6, 6.07) is 4.78. The second kappa shape index (κ2) is 13.6. The van der Waals surface area contributed by atoms with Gasteiger partial charge in [0.05, 0.1) is 19.6 Å². The lowest BCUT2D eigenvalue weighted by Crippen LogP contribution is -2.32. The second-order valence-corrected chi connectivity index (χ2v) is 10.8. The molecule has 1 aromatic carbocycles. The minimum atomic E-state index is -1.06. The lowest BCUT2D eigenvalue weighted by molar-refractivity contribution is -0.138. The van der Waals surface area contributed by atoms with Crippen LogP contribution in [0.4, 0.5) is 0 Å². The normalized spacial score (nSPS) is 12.3. The fourth-order valence-corrected chi connectivity index (χ4v) is 4.57. The van der Waals surface area contributed by atoms with E-state index in [0.717, 1.165) is 0 Å². The molecule has 1 aromatic heterocycles. The van der Waals surface area contributed by atoms with Crippen molar-refractivity contribution in [1.29, 1.82) is 5.41 Å². The van der Waals surface area contributed by atoms with E-state index in [1.165, 1.54) is 24.9 Å². The van der Waals surface area contributed by atoms with E-state index in [2.05, 4.69) is 10.3 Å². The first-order chi connectivity index (χ1) is 19.2. The van der Waals surface area contributed by atoms with E-state index in [-0.39, 0.29) is 85.2 Å². The average molecular weight is 604 g/mol. The summed E-state index contributed by atoms with van der Waals surface area (Å²) in [6.45, 7) is 8.98. The number of rotatable bonds is 11. The molecule has 0 fully saturated rings. The van der Waals surface area contributed by atoms with Crippen molar-refractivity contribution in [2.45, 2.75) is 59.5 Å². The lowest BCUT2D eigenvalue weighted by atomic mass is 9.83. The van der Waals surface area contributed by atoms with Crippen molar-refractivity contribution >= 4 is 41.8 Å². The number of phenols is 1. The topological polar surface area (TPSA) is 173 Å². The van der Waals surface area contributed by atoms with Crippen molar-refractivity contribution in [3.63, 3.8) is 0 Å². The highest BCUT2D eigenvalue weighted by molar-refractivity contribution is 6.05. The Morgan fingerprint density at radius 3 is 2.40 bits per heavy atom. The molecule has 0 saturated carbocycles. The molecule has 0 atom stereocenters. The van der Waals surface area contributed by atoms with Crippen molar-refractivity contribution in [1.82, 2.24) is 20.1 Å². The number of phenolic OH excluding ortho intramolecular Hbond substituents is 1. The summed E-state index contributed by atoms with van der Waals surface area (Å²) < 4.78 is 5.59. The van der Waals surface area contributed by atoms with Crippen LogP contribution < -0.4 is 10.1 Å². The van der Waals surface area contributed by atoms with Crippen LogP contribution in [0.5, 0.6) is 11.5 Å². The molecule has 12 nitrogen and oxygen atoms in total. The quantitative estimate of drug-likeness (QED) is 0.281. The van der Waals surface area contributed by atoms with Crippen LogP contribution >= 0.6 is 12.4 Å². The average Bonchev–Trinajstić information content (AvgIpc) is 3.19. The van der Waals surface area contributed by atoms with E-state index < -0.39 is 17.3 Å². The van der Waals surface area contributed by atoms with Gasteiger partial charge >= 0.3 is 5.97 Å². The standard InChI is InChI=1S/C29H37N5O7.ClH/c1-7-41-22-12-18-13-34(27(30)24(18)32-25(22)28(40)31-6)15-21(36)17-10-19(26(39)20(11-17)29(3,4)5)14-33(16(2)35)9-8-23(37)38;/h10-12,30,39H,7-9,13-15H2,1-6H3,(H,31,40)(H,37,38);1H. The number of carboxylic acid groups (broad SMARTS) is 1. The van der Waals surface area contributed by atoms with Crippen molar-refractivity contribution in [3.8, 4) is 11.5 Å². The van der Waals surface area contributed by atoms with Crippen molar-refractivity contribution in [2.24, 2.45) is 0 Å². The van der Waals surface area contributed by atoms with Crippen LogP contribution in [-0.2, 0) is 28.1 Å². The molecular formula is C29H38ClN5O7. The number of hydrogen-bond acceptors (Lipinski definition) is 8. The zero-order valence-electron chi connectivity index (χ0n) is 24.7. The fraction of sp³-hybridized carbons (Fsp3) is 0.448. The molecule has 2 amide bonds. The number of ketones is 1. The highest BCUT2D eigenvalue weighted by atomic mass is 35.5. The van der Waals surface area contributed by atoms with Gasteiger partial charge in [-0.2, -0.15) is 0 Å². The molecule has 3 rings (SSSR count). The maximum atomic E-state index is 13.6. The Labute approximate surface area is 251 Å². The second-order valence-electron chi connectivity index (χ2n) is 10.8. The predicted molar refractivity (Wildman–Crippen MR) is 158 cm³/mol. The van der Waals surface area contributed by atoms with Crippen LogP contribution in [0.2, 0.25) is 0 Å². The first-order valence-corrected chi connectivity index (χ1v) is 13.3. The Morgan fingerprint density at radius 2 is 1.86 bits per heavy atom. The third kappa shape index (κ3) is 7.55. The lowest BCUT2D eigenvalue weighted by Gasteiger charge is -2.26. The maximum absolute atomic E-state index is 13.6. The number of amides is 2. The van der Waals surface area contributed by atoms with Crippen molar-refractivity contribution in [3.05, 3.63) is 51.8 Å². The largest absolute Gasteiger partial charge is 0.507 e. The van der Waals surface area contributed by atoms with Gasteiger partial charge in [0.15, 0.2) is 17.2 Å². The third-order valence-electron chi connectivity index (χ3n) is 6.77. The van der Waals surface area contributed by atoms with Gasteiger partial charge < -0.3 is 30.1 Å². The molecule has 228 valence electrons. The van der Waals surface area contributed by atoms with Gasteiger partial charge in [-0.15, -0.1) is 12.4 Å². The van der Waals surface area contributed by atoms with Gasteiger partial charge in [-0.3, -0.25) is 24.6 Å². The Balaban J connectivity index is 0.00000616. The van der Waals surface area contributed by atoms with Gasteiger partial charge in [-0.25, -0.2) is 4.98 Å². The van der Waals surface area contributed by atoms with Crippen LogP contribution in [0.1, 0.15) is 84.3 Å². The Morgan fingerprint density at radius 1 is 1.19 bits per heavy atom. The number of carboxylic acids is 1. The Hall–Kier alpha value is -4.19. The van der Waals surface area contributed by atoms with Gasteiger partial charge in [0.25, 0.3) is 5.91 Å². The third-order valence-corrected chi connectivity index (χ3v) is 6.77. The number of aromatic hydroxyl groups is 1. The Bertz CT molecular complexity index is 1400. The van der Waals surface area contributed by atoms with E-state index in [9.17, 15) is 24.3 Å². The van der Waals surface area contributed by atoms with Crippen LogP contribution in [0.3, 0.4) is 0 Å². The molecule has 0 aliphatic carbocycles. The van der Waals surface area contributed by atoms with Gasteiger partial charge in [-0.1, -0.05) is 20.8 Å². The summed E-state index contributed by atoms with van der Waals surface area (Å²) in [6.07, 6.45) is -0.261. The number of benzene rings is 1. The molecule has 0 unspecified atom stereocenters. The molecule has 0 radical (unpaired) electrons. The molecule has 1 aliphatic heterocycles. The van der Waals surface area contributed by atoms with E-state index >= 15 is 0 Å². The number of aliphatic carboxylic acids is 1. The molecule has 1 aliphatic rings. The first-order valence-electron chi connectivity index (χ1n) is 13.3. The van der Waals surface area contributed by atoms with Crippen LogP contribution in [0.15, 0.2) is 18.2 Å². The number of ether oxygens (including phenoxy) is 1. The smallest absolute Gasteiger partial charge is 0.305 e. The highest BCUT2D eigenvalue weighted by Gasteiger charge is 2.32. The minimum Gasteiger partial charge on any atom is -0.507 e. The number of nitrogens with zero attached hydrogens (tertiary/aromatic N) is 3. The highest BCUT2D eigenvalue weighted by Crippen LogP contribution is 2.36. The maximum Gasteiger partial charge on any atom is 0.305 e. The SMILES string of the molecule is CCOc1cc2c(nc1C(=O)NC)C(=N)N(CC(=O)c1cc(CN(CCC(=O)O)C(C)=O)c(O)c(C(C)(C)C)c1)C2.Cl. The number of pyridine rings is 1. The minimum absolute atomic E-state index is 0. The number of amidine groups is 1. The first kappa shape index (κ1) is 34.0. The van der Waals surface area contributed by atoms with Gasteiger partial charge in [0.1, 0.15) is 17.3 Å². The van der Waals surface area contributed by atoms with E-state index in [1.54, 1.807) is 24.0 Å².